The lowest BCUT2D eigenvalue weighted by Gasteiger charge is -2.52. The second-order valence-corrected chi connectivity index (χ2v) is 8.68. The Kier molecular flexibility index (Phi) is 2.99. The Hall–Kier alpha value is -1.26. The zero-order chi connectivity index (χ0) is 15.6. The molecule has 0 amide bonds. The molecule has 1 aromatic carbocycles. The first-order valence-corrected chi connectivity index (χ1v) is 9.64. The van der Waals surface area contributed by atoms with Crippen LogP contribution in [-0.2, 0) is 0 Å². The molecule has 2 bridgehead atoms. The number of thiophene rings is 1. The van der Waals surface area contributed by atoms with Gasteiger partial charge in [0, 0.05) is 13.0 Å². The average Bonchev–Trinajstić information content (AvgIpc) is 3.13. The molecule has 1 N–H and O–H groups in total. The van der Waals surface area contributed by atoms with Gasteiger partial charge in [0.05, 0.1) is 14.6 Å². The van der Waals surface area contributed by atoms with E-state index in [1.165, 1.54) is 42.4 Å². The Morgan fingerprint density at radius 1 is 1.30 bits per heavy atom. The third-order valence-corrected chi connectivity index (χ3v) is 7.72. The Balaban J connectivity index is 1.53. The summed E-state index contributed by atoms with van der Waals surface area (Å²) in [6.07, 6.45) is 6.70. The number of hydrogen-bond donors (Lipinski definition) is 1. The van der Waals surface area contributed by atoms with Gasteiger partial charge < -0.3 is 4.90 Å². The molecule has 0 saturated heterocycles. The molecule has 0 unspecified atom stereocenters. The quantitative estimate of drug-likeness (QED) is 0.814. The van der Waals surface area contributed by atoms with E-state index in [1.54, 1.807) is 11.3 Å². The third-order valence-electron chi connectivity index (χ3n) is 6.11. The molecule has 3 fully saturated rings. The van der Waals surface area contributed by atoms with Crippen LogP contribution in [0.4, 0.5) is 0 Å². The fraction of sp³-hybridized carbons (Fsp3) is 0.500. The highest BCUT2D eigenvalue weighted by molar-refractivity contribution is 7.21. The van der Waals surface area contributed by atoms with E-state index in [4.69, 9.17) is 16.7 Å². The van der Waals surface area contributed by atoms with Gasteiger partial charge in [-0.25, -0.2) is 0 Å². The van der Waals surface area contributed by atoms with E-state index in [0.29, 0.717) is 0 Å². The van der Waals surface area contributed by atoms with E-state index in [2.05, 4.69) is 29.5 Å². The zero-order valence-electron chi connectivity index (χ0n) is 13.2. The molecule has 0 radical (unpaired) electrons. The monoisotopic (exact) mass is 345 g/mol. The topological polar surface area (TPSA) is 27.6 Å². The van der Waals surface area contributed by atoms with Crippen molar-refractivity contribution in [2.75, 3.05) is 7.05 Å². The van der Waals surface area contributed by atoms with Gasteiger partial charge in [0.15, 0.2) is 5.84 Å². The lowest BCUT2D eigenvalue weighted by molar-refractivity contribution is -0.0196. The molecule has 3 saturated carbocycles. The third kappa shape index (κ3) is 1.91. The molecule has 1 aliphatic heterocycles. The van der Waals surface area contributed by atoms with Crippen molar-refractivity contribution in [3.05, 3.63) is 34.2 Å². The number of hydrogen-bond acceptors (Lipinski definition) is 4. The largest absolute Gasteiger partial charge is 0.333 e. The molecule has 4 aliphatic rings. The number of fused-ring (bicyclic) bond motifs is 3. The van der Waals surface area contributed by atoms with Crippen molar-refractivity contribution in [1.82, 2.24) is 10.3 Å². The summed E-state index contributed by atoms with van der Waals surface area (Å²) in [6, 6.07) is 8.33. The van der Waals surface area contributed by atoms with E-state index < -0.39 is 0 Å². The summed E-state index contributed by atoms with van der Waals surface area (Å²) in [5.41, 5.74) is 3.60. The van der Waals surface area contributed by atoms with Crippen molar-refractivity contribution in [2.24, 2.45) is 16.9 Å². The molecule has 2 heterocycles. The Morgan fingerprint density at radius 2 is 2.13 bits per heavy atom. The van der Waals surface area contributed by atoms with Gasteiger partial charge in [-0.2, -0.15) is 5.10 Å². The van der Waals surface area contributed by atoms with Crippen molar-refractivity contribution in [1.29, 1.82) is 0 Å². The summed E-state index contributed by atoms with van der Waals surface area (Å²) in [5, 5.41) is 6.81. The standard InChI is InChI=1S/C18H20ClN3S/c1-22-17(15-9-12-3-2-4-14(19)16(12)23-15)20-21-18(22)10-11-5-7-13(18)8-6-11/h2-4,9,11,13,21H,5-8,10H2,1H3/t11?,13?,18-/m1/s1. The summed E-state index contributed by atoms with van der Waals surface area (Å²) >= 11 is 8.10. The molecule has 3 aliphatic carbocycles. The van der Waals surface area contributed by atoms with Crippen molar-refractivity contribution in [2.45, 2.75) is 37.8 Å². The van der Waals surface area contributed by atoms with Crippen LogP contribution in [0.1, 0.15) is 37.0 Å². The highest BCUT2D eigenvalue weighted by Gasteiger charge is 2.53. The molecular formula is C18H20ClN3S. The van der Waals surface area contributed by atoms with Gasteiger partial charge in [0.2, 0.25) is 0 Å². The minimum absolute atomic E-state index is 0.0521. The molecule has 1 aromatic heterocycles. The van der Waals surface area contributed by atoms with Gasteiger partial charge in [-0.3, -0.25) is 5.43 Å². The van der Waals surface area contributed by atoms with Gasteiger partial charge in [-0.1, -0.05) is 23.7 Å². The highest BCUT2D eigenvalue weighted by Crippen LogP contribution is 2.50. The second kappa shape index (κ2) is 4.87. The fourth-order valence-corrected chi connectivity index (χ4v) is 6.23. The number of benzene rings is 1. The van der Waals surface area contributed by atoms with Crippen LogP contribution in [0.15, 0.2) is 29.4 Å². The maximum atomic E-state index is 6.35. The maximum Gasteiger partial charge on any atom is 0.167 e. The van der Waals surface area contributed by atoms with Crippen molar-refractivity contribution in [3.63, 3.8) is 0 Å². The smallest absolute Gasteiger partial charge is 0.167 e. The molecule has 120 valence electrons. The molecule has 1 spiro atoms. The average molecular weight is 346 g/mol. The molecule has 2 aromatic rings. The first-order chi connectivity index (χ1) is 11.2. The first kappa shape index (κ1) is 14.1. The van der Waals surface area contributed by atoms with Gasteiger partial charge in [0.25, 0.3) is 0 Å². The predicted molar refractivity (Wildman–Crippen MR) is 97.1 cm³/mol. The lowest BCUT2D eigenvalue weighted by atomic mass is 9.64. The molecule has 3 nitrogen and oxygen atoms in total. The summed E-state index contributed by atoms with van der Waals surface area (Å²) < 4.78 is 1.16. The molecule has 23 heavy (non-hydrogen) atoms. The normalized spacial score (nSPS) is 32.6. The van der Waals surface area contributed by atoms with E-state index in [-0.39, 0.29) is 5.66 Å². The van der Waals surface area contributed by atoms with Crippen LogP contribution in [0.2, 0.25) is 5.02 Å². The highest BCUT2D eigenvalue weighted by atomic mass is 35.5. The van der Waals surface area contributed by atoms with Gasteiger partial charge in [0.1, 0.15) is 5.66 Å². The number of hydrazone groups is 1. The molecular weight excluding hydrogens is 326 g/mol. The number of amidine groups is 1. The van der Waals surface area contributed by atoms with E-state index in [0.717, 1.165) is 27.4 Å². The van der Waals surface area contributed by atoms with Crippen LogP contribution >= 0.6 is 22.9 Å². The lowest BCUT2D eigenvalue weighted by Crippen LogP contribution is -2.62. The predicted octanol–water partition coefficient (Wildman–Crippen LogP) is 4.66. The van der Waals surface area contributed by atoms with Crippen LogP contribution in [0.3, 0.4) is 0 Å². The summed E-state index contributed by atoms with van der Waals surface area (Å²) in [5.74, 6) is 2.66. The van der Waals surface area contributed by atoms with Crippen molar-refractivity contribution in [3.8, 4) is 0 Å². The zero-order valence-corrected chi connectivity index (χ0v) is 14.8. The van der Waals surface area contributed by atoms with Crippen LogP contribution in [0.25, 0.3) is 10.1 Å². The number of nitrogens with zero attached hydrogens (tertiary/aromatic N) is 2. The minimum Gasteiger partial charge on any atom is -0.333 e. The fourth-order valence-electron chi connectivity index (χ4n) is 4.85. The van der Waals surface area contributed by atoms with E-state index in [1.807, 2.05) is 12.1 Å². The van der Waals surface area contributed by atoms with E-state index in [9.17, 15) is 0 Å². The summed E-state index contributed by atoms with van der Waals surface area (Å²) in [4.78, 5) is 3.63. The number of rotatable bonds is 1. The molecule has 1 atom stereocenters. The number of nitrogens with one attached hydrogen (secondary N) is 1. The first-order valence-electron chi connectivity index (χ1n) is 8.44. The Labute approximate surface area is 145 Å². The Morgan fingerprint density at radius 3 is 2.83 bits per heavy atom. The van der Waals surface area contributed by atoms with Crippen molar-refractivity contribution >= 4 is 38.9 Å². The van der Waals surface area contributed by atoms with Gasteiger partial charge in [-0.15, -0.1) is 11.3 Å². The minimum atomic E-state index is 0.0521. The van der Waals surface area contributed by atoms with E-state index >= 15 is 0 Å². The second-order valence-electron chi connectivity index (χ2n) is 7.22. The Bertz CT molecular complexity index is 806. The molecule has 6 rings (SSSR count). The van der Waals surface area contributed by atoms with Gasteiger partial charge >= 0.3 is 0 Å². The van der Waals surface area contributed by atoms with Gasteiger partial charge in [-0.05, 0) is 55.5 Å². The summed E-state index contributed by atoms with van der Waals surface area (Å²) in [7, 11) is 2.21. The number of halogens is 1. The maximum absolute atomic E-state index is 6.35. The van der Waals surface area contributed by atoms with Crippen LogP contribution < -0.4 is 5.43 Å². The van der Waals surface area contributed by atoms with Crippen molar-refractivity contribution < 1.29 is 0 Å². The van der Waals surface area contributed by atoms with Crippen LogP contribution in [-0.4, -0.2) is 23.4 Å². The summed E-state index contributed by atoms with van der Waals surface area (Å²) in [6.45, 7) is 0. The molecule has 5 heteroatoms. The van der Waals surface area contributed by atoms with Crippen LogP contribution in [0, 0.1) is 11.8 Å². The SMILES string of the molecule is CN1C(c2cc3cccc(Cl)c3s2)=NN[C@]12CC1CCC2CC1. The van der Waals surface area contributed by atoms with Crippen LogP contribution in [0.5, 0.6) is 0 Å².